The van der Waals surface area contributed by atoms with Crippen molar-refractivity contribution in [3.63, 3.8) is 0 Å². The minimum Gasteiger partial charge on any atom is -0.372 e. The molecule has 0 heterocycles. The zero-order chi connectivity index (χ0) is 13.3. The van der Waals surface area contributed by atoms with Crippen LogP contribution < -0.4 is 5.32 Å². The summed E-state index contributed by atoms with van der Waals surface area (Å²) in [6, 6.07) is 0.457. The Morgan fingerprint density at radius 1 is 1.24 bits per heavy atom. The van der Waals surface area contributed by atoms with Crippen LogP contribution in [0.1, 0.15) is 20.3 Å². The highest BCUT2D eigenvalue weighted by atomic mass is 19.4. The molecule has 3 nitrogen and oxygen atoms in total. The molecule has 0 spiro atoms. The first-order chi connectivity index (χ1) is 7.81. The molecular formula is C11H23F3N2O. The van der Waals surface area contributed by atoms with Crippen molar-refractivity contribution in [3.05, 3.63) is 0 Å². The van der Waals surface area contributed by atoms with E-state index in [1.807, 2.05) is 7.05 Å². The van der Waals surface area contributed by atoms with Crippen LogP contribution in [-0.2, 0) is 4.74 Å². The molecule has 0 atom stereocenters. The highest BCUT2D eigenvalue weighted by Crippen LogP contribution is 2.14. The van der Waals surface area contributed by atoms with Gasteiger partial charge in [-0.15, -0.1) is 0 Å². The molecule has 6 heteroatoms. The molecule has 0 saturated heterocycles. The van der Waals surface area contributed by atoms with Crippen LogP contribution >= 0.6 is 0 Å². The summed E-state index contributed by atoms with van der Waals surface area (Å²) >= 11 is 0. The maximum Gasteiger partial charge on any atom is 0.411 e. The fourth-order valence-corrected chi connectivity index (χ4v) is 1.28. The lowest BCUT2D eigenvalue weighted by atomic mass is 10.3. The van der Waals surface area contributed by atoms with Gasteiger partial charge in [0.05, 0.1) is 0 Å². The lowest BCUT2D eigenvalue weighted by molar-refractivity contribution is -0.174. The predicted octanol–water partition coefficient (Wildman–Crippen LogP) is 1.89. The van der Waals surface area contributed by atoms with E-state index in [9.17, 15) is 13.2 Å². The molecule has 0 rings (SSSR count). The van der Waals surface area contributed by atoms with Crippen LogP contribution in [0.4, 0.5) is 13.2 Å². The molecule has 0 bridgehead atoms. The summed E-state index contributed by atoms with van der Waals surface area (Å²) in [7, 11) is 1.95. The van der Waals surface area contributed by atoms with Crippen LogP contribution in [0.25, 0.3) is 0 Å². The number of rotatable bonds is 9. The highest BCUT2D eigenvalue weighted by molar-refractivity contribution is 4.57. The summed E-state index contributed by atoms with van der Waals surface area (Å²) in [5.41, 5.74) is 0. The molecule has 0 amide bonds. The van der Waals surface area contributed by atoms with Gasteiger partial charge in [0.1, 0.15) is 6.61 Å². The smallest absolute Gasteiger partial charge is 0.372 e. The molecule has 17 heavy (non-hydrogen) atoms. The van der Waals surface area contributed by atoms with E-state index in [1.165, 1.54) is 0 Å². The van der Waals surface area contributed by atoms with Crippen LogP contribution in [0.5, 0.6) is 0 Å². The van der Waals surface area contributed by atoms with Crippen molar-refractivity contribution in [2.75, 3.05) is 39.9 Å². The zero-order valence-electron chi connectivity index (χ0n) is 10.8. The van der Waals surface area contributed by atoms with Crippen molar-refractivity contribution in [2.45, 2.75) is 32.5 Å². The molecule has 1 N–H and O–H groups in total. The van der Waals surface area contributed by atoms with Gasteiger partial charge in [-0.3, -0.25) is 0 Å². The first kappa shape index (κ1) is 16.7. The molecular weight excluding hydrogens is 233 g/mol. The fraction of sp³-hybridized carbons (Fsp3) is 1.00. The van der Waals surface area contributed by atoms with Gasteiger partial charge >= 0.3 is 6.18 Å². The highest BCUT2D eigenvalue weighted by Gasteiger charge is 2.27. The van der Waals surface area contributed by atoms with Gasteiger partial charge in [0.2, 0.25) is 0 Å². The van der Waals surface area contributed by atoms with Gasteiger partial charge in [-0.05, 0) is 13.5 Å². The van der Waals surface area contributed by atoms with E-state index < -0.39 is 12.8 Å². The minimum absolute atomic E-state index is 0.154. The normalized spacial score (nSPS) is 12.7. The van der Waals surface area contributed by atoms with Gasteiger partial charge in [-0.1, -0.05) is 13.8 Å². The molecule has 0 unspecified atom stereocenters. The van der Waals surface area contributed by atoms with Crippen LogP contribution in [0.15, 0.2) is 0 Å². The number of alkyl halides is 3. The lowest BCUT2D eigenvalue weighted by Crippen LogP contribution is -2.33. The van der Waals surface area contributed by atoms with Crippen molar-refractivity contribution < 1.29 is 17.9 Å². The molecule has 0 aliphatic heterocycles. The monoisotopic (exact) mass is 256 g/mol. The van der Waals surface area contributed by atoms with Crippen molar-refractivity contribution >= 4 is 0 Å². The van der Waals surface area contributed by atoms with E-state index in [0.717, 1.165) is 19.6 Å². The maximum atomic E-state index is 11.7. The third-order valence-electron chi connectivity index (χ3n) is 2.14. The molecule has 0 aromatic rings. The Labute approximate surface area is 101 Å². The van der Waals surface area contributed by atoms with Gasteiger partial charge in [-0.25, -0.2) is 0 Å². The first-order valence-electron chi connectivity index (χ1n) is 5.87. The van der Waals surface area contributed by atoms with Crippen LogP contribution in [0.3, 0.4) is 0 Å². The van der Waals surface area contributed by atoms with Crippen molar-refractivity contribution in [1.29, 1.82) is 0 Å². The van der Waals surface area contributed by atoms with Crippen LogP contribution in [0.2, 0.25) is 0 Å². The van der Waals surface area contributed by atoms with E-state index in [2.05, 4.69) is 28.8 Å². The first-order valence-corrected chi connectivity index (χ1v) is 5.87. The Kier molecular flexibility index (Phi) is 8.55. The van der Waals surface area contributed by atoms with E-state index in [0.29, 0.717) is 12.5 Å². The molecule has 0 fully saturated rings. The second-order valence-corrected chi connectivity index (χ2v) is 4.43. The van der Waals surface area contributed by atoms with Crippen LogP contribution in [0, 0.1) is 0 Å². The third-order valence-corrected chi connectivity index (χ3v) is 2.14. The van der Waals surface area contributed by atoms with Gasteiger partial charge in [-0.2, -0.15) is 13.2 Å². The fourth-order valence-electron chi connectivity index (χ4n) is 1.28. The average molecular weight is 256 g/mol. The van der Waals surface area contributed by atoms with Crippen molar-refractivity contribution in [3.8, 4) is 0 Å². The zero-order valence-corrected chi connectivity index (χ0v) is 10.8. The van der Waals surface area contributed by atoms with Gasteiger partial charge < -0.3 is 15.0 Å². The summed E-state index contributed by atoms with van der Waals surface area (Å²) in [4.78, 5) is 2.08. The third kappa shape index (κ3) is 13.6. The van der Waals surface area contributed by atoms with E-state index in [-0.39, 0.29) is 6.61 Å². The summed E-state index contributed by atoms with van der Waals surface area (Å²) in [6.07, 6.45) is -3.60. The number of halogens is 3. The topological polar surface area (TPSA) is 24.5 Å². The summed E-state index contributed by atoms with van der Waals surface area (Å²) in [5, 5.41) is 3.28. The summed E-state index contributed by atoms with van der Waals surface area (Å²) in [6.45, 7) is 5.68. The SMILES string of the molecule is CC(C)NCCN(C)CCCOCC(F)(F)F. The van der Waals surface area contributed by atoms with E-state index in [4.69, 9.17) is 0 Å². The second-order valence-electron chi connectivity index (χ2n) is 4.43. The number of nitrogens with one attached hydrogen (secondary N) is 1. The number of hydrogen-bond donors (Lipinski definition) is 1. The second kappa shape index (κ2) is 8.72. The molecule has 0 aromatic carbocycles. The van der Waals surface area contributed by atoms with E-state index >= 15 is 0 Å². The number of hydrogen-bond acceptors (Lipinski definition) is 3. The Balaban J connectivity index is 3.30. The Morgan fingerprint density at radius 3 is 2.41 bits per heavy atom. The molecule has 0 radical (unpaired) electrons. The van der Waals surface area contributed by atoms with Gasteiger partial charge in [0.15, 0.2) is 0 Å². The largest absolute Gasteiger partial charge is 0.411 e. The minimum atomic E-state index is -4.22. The Hall–Kier alpha value is -0.330. The maximum absolute atomic E-state index is 11.7. The standard InChI is InChI=1S/C11H23F3N2O/c1-10(2)15-5-7-16(3)6-4-8-17-9-11(12,13)14/h10,15H,4-9H2,1-3H3. The van der Waals surface area contributed by atoms with Crippen molar-refractivity contribution in [1.82, 2.24) is 10.2 Å². The molecule has 0 aliphatic carbocycles. The summed E-state index contributed by atoms with van der Waals surface area (Å²) < 4.78 is 39.7. The quantitative estimate of drug-likeness (QED) is 0.638. The number of likely N-dealkylation sites (N-methyl/N-ethyl adjacent to an activating group) is 1. The number of ether oxygens (including phenoxy) is 1. The average Bonchev–Trinajstić information content (AvgIpc) is 2.14. The van der Waals surface area contributed by atoms with Crippen LogP contribution in [-0.4, -0.2) is 57.0 Å². The molecule has 104 valence electrons. The van der Waals surface area contributed by atoms with E-state index in [1.54, 1.807) is 0 Å². The predicted molar refractivity (Wildman–Crippen MR) is 62.1 cm³/mol. The van der Waals surface area contributed by atoms with Gasteiger partial charge in [0.25, 0.3) is 0 Å². The molecule has 0 aromatic heterocycles. The Morgan fingerprint density at radius 2 is 1.88 bits per heavy atom. The van der Waals surface area contributed by atoms with Gasteiger partial charge in [0, 0.05) is 32.3 Å². The Bertz CT molecular complexity index is 186. The van der Waals surface area contributed by atoms with Crippen molar-refractivity contribution in [2.24, 2.45) is 0 Å². The number of nitrogens with zero attached hydrogens (tertiary/aromatic N) is 1. The molecule has 0 saturated carbocycles. The molecule has 0 aliphatic rings. The summed E-state index contributed by atoms with van der Waals surface area (Å²) in [5.74, 6) is 0. The lowest BCUT2D eigenvalue weighted by Gasteiger charge is -2.18.